The van der Waals surface area contributed by atoms with Gasteiger partial charge in [-0.2, -0.15) is 0 Å². The minimum Gasteiger partial charge on any atom is -0.493 e. The smallest absolute Gasteiger partial charge is 0.253 e. The van der Waals surface area contributed by atoms with Crippen LogP contribution >= 0.6 is 11.3 Å². The number of anilines is 1. The lowest BCUT2D eigenvalue weighted by molar-refractivity contribution is -0.119. The van der Waals surface area contributed by atoms with E-state index in [9.17, 15) is 9.59 Å². The van der Waals surface area contributed by atoms with Crippen LogP contribution in [0.5, 0.6) is 11.5 Å². The molecule has 1 saturated carbocycles. The molecule has 1 aliphatic carbocycles. The number of amides is 2. The van der Waals surface area contributed by atoms with Crippen molar-refractivity contribution in [2.45, 2.75) is 25.7 Å². The maximum atomic E-state index is 13.5. The van der Waals surface area contributed by atoms with Gasteiger partial charge in [-0.15, -0.1) is 11.3 Å². The molecule has 0 spiro atoms. The maximum absolute atomic E-state index is 13.5. The molecule has 0 aliphatic heterocycles. The number of rotatable bonds is 9. The first kappa shape index (κ1) is 23.1. The third-order valence-corrected chi connectivity index (χ3v) is 7.05. The summed E-state index contributed by atoms with van der Waals surface area (Å²) in [7, 11) is 6.30. The molecule has 2 aromatic rings. The number of carbonyl (C=O) groups is 2. The third-order valence-electron chi connectivity index (χ3n) is 6.02. The topological polar surface area (TPSA) is 77.1 Å². The van der Waals surface area contributed by atoms with Crippen LogP contribution in [-0.4, -0.2) is 58.2 Å². The maximum Gasteiger partial charge on any atom is 0.253 e. The Morgan fingerprint density at radius 2 is 1.90 bits per heavy atom. The van der Waals surface area contributed by atoms with E-state index in [0.29, 0.717) is 35.9 Å². The average Bonchev–Trinajstić information content (AvgIpc) is 3.09. The highest BCUT2D eigenvalue weighted by atomic mass is 32.1. The molecule has 1 atom stereocenters. The van der Waals surface area contributed by atoms with Crippen LogP contribution in [0.15, 0.2) is 29.6 Å². The van der Waals surface area contributed by atoms with Crippen molar-refractivity contribution in [3.8, 4) is 11.5 Å². The van der Waals surface area contributed by atoms with E-state index in [2.05, 4.69) is 19.2 Å². The fourth-order valence-electron chi connectivity index (χ4n) is 4.02. The van der Waals surface area contributed by atoms with Gasteiger partial charge in [-0.1, -0.05) is 19.9 Å². The molecule has 7 nitrogen and oxygen atoms in total. The zero-order valence-corrected chi connectivity index (χ0v) is 19.7. The summed E-state index contributed by atoms with van der Waals surface area (Å²) in [6.45, 7) is 5.06. The van der Waals surface area contributed by atoms with E-state index in [-0.39, 0.29) is 17.2 Å². The van der Waals surface area contributed by atoms with Gasteiger partial charge in [0.15, 0.2) is 11.5 Å². The molecule has 1 aromatic carbocycles. The number of carbonyl (C=O) groups excluding carboxylic acids is 2. The highest BCUT2D eigenvalue weighted by Gasteiger charge is 2.67. The van der Waals surface area contributed by atoms with Gasteiger partial charge in [0.25, 0.3) is 5.91 Å². The summed E-state index contributed by atoms with van der Waals surface area (Å²) < 4.78 is 16.0. The molecule has 1 aliphatic rings. The number of hydrogen-bond donors (Lipinski definition) is 1. The Bertz CT molecular complexity index is 957. The highest BCUT2D eigenvalue weighted by molar-refractivity contribution is 7.10. The number of methoxy groups -OCH3 is 3. The Balaban J connectivity index is 1.96. The third kappa shape index (κ3) is 4.14. The Hall–Kier alpha value is -2.58. The molecule has 0 bridgehead atoms. The van der Waals surface area contributed by atoms with Gasteiger partial charge in [0.2, 0.25) is 5.91 Å². The number of likely N-dealkylation sites (N-methyl/N-ethyl adjacent to an activating group) is 1. The van der Waals surface area contributed by atoms with Crippen LogP contribution in [0.1, 0.15) is 35.5 Å². The summed E-state index contributed by atoms with van der Waals surface area (Å²) in [5.74, 6) is 0.446. The molecule has 31 heavy (non-hydrogen) atoms. The molecule has 0 saturated heterocycles. The lowest BCUT2D eigenvalue weighted by atomic mass is 9.93. The van der Waals surface area contributed by atoms with Crippen LogP contribution in [0.3, 0.4) is 0 Å². The van der Waals surface area contributed by atoms with Crippen molar-refractivity contribution < 1.29 is 23.8 Å². The van der Waals surface area contributed by atoms with E-state index >= 15 is 0 Å². The van der Waals surface area contributed by atoms with E-state index < -0.39 is 5.41 Å². The highest BCUT2D eigenvalue weighted by Crippen LogP contribution is 2.65. The van der Waals surface area contributed by atoms with Crippen molar-refractivity contribution in [1.29, 1.82) is 0 Å². The first-order chi connectivity index (χ1) is 14.7. The van der Waals surface area contributed by atoms with Crippen molar-refractivity contribution >= 4 is 28.8 Å². The normalized spacial score (nSPS) is 18.9. The number of benzene rings is 1. The largest absolute Gasteiger partial charge is 0.493 e. The summed E-state index contributed by atoms with van der Waals surface area (Å²) in [5, 5.41) is 5.01. The molecule has 168 valence electrons. The fraction of sp³-hybridized carbons (Fsp3) is 0.478. The summed E-state index contributed by atoms with van der Waals surface area (Å²) in [6, 6.07) is 7.22. The summed E-state index contributed by atoms with van der Waals surface area (Å²) in [5.41, 5.74) is 0.0441. The Kier molecular flexibility index (Phi) is 6.62. The van der Waals surface area contributed by atoms with Gasteiger partial charge in [-0.05, 0) is 35.4 Å². The number of hydrogen-bond acceptors (Lipinski definition) is 6. The number of thiophene rings is 1. The quantitative estimate of drug-likeness (QED) is 0.634. The molecule has 1 N–H and O–H groups in total. The first-order valence-corrected chi connectivity index (χ1v) is 11.0. The molecule has 8 heteroatoms. The van der Waals surface area contributed by atoms with E-state index in [1.54, 1.807) is 42.5 Å². The first-order valence-electron chi connectivity index (χ1n) is 10.1. The molecular weight excluding hydrogens is 416 g/mol. The Labute approximate surface area is 187 Å². The summed E-state index contributed by atoms with van der Waals surface area (Å²) in [4.78, 5) is 29.0. The van der Waals surface area contributed by atoms with Gasteiger partial charge in [0.1, 0.15) is 0 Å². The fourth-order valence-corrected chi connectivity index (χ4v) is 5.12. The van der Waals surface area contributed by atoms with Gasteiger partial charge in [0.05, 0.1) is 31.9 Å². The molecule has 1 unspecified atom stereocenters. The van der Waals surface area contributed by atoms with Crippen LogP contribution in [0.25, 0.3) is 0 Å². The zero-order valence-electron chi connectivity index (χ0n) is 18.9. The monoisotopic (exact) mass is 446 g/mol. The minimum atomic E-state index is -0.602. The molecule has 2 amide bonds. The summed E-state index contributed by atoms with van der Waals surface area (Å²) in [6.07, 6.45) is 0.754. The van der Waals surface area contributed by atoms with Crippen molar-refractivity contribution in [3.63, 3.8) is 0 Å². The van der Waals surface area contributed by atoms with Crippen LogP contribution in [-0.2, 0) is 14.9 Å². The number of nitrogens with zero attached hydrogens (tertiary/aromatic N) is 1. The molecular formula is C23H30N2O5S. The van der Waals surface area contributed by atoms with Gasteiger partial charge >= 0.3 is 0 Å². The lowest BCUT2D eigenvalue weighted by Gasteiger charge is -2.22. The SMILES string of the molecule is COCCN(C)C(=O)c1cc(NC(=O)C2(c3cccs3)CC2(C)C)c(OC)c(OC)c1. The van der Waals surface area contributed by atoms with E-state index in [1.165, 1.54) is 14.2 Å². The van der Waals surface area contributed by atoms with Crippen molar-refractivity contribution in [3.05, 3.63) is 40.1 Å². The second-order valence-electron chi connectivity index (χ2n) is 8.38. The van der Waals surface area contributed by atoms with Crippen LogP contribution in [0.2, 0.25) is 0 Å². The Morgan fingerprint density at radius 1 is 1.19 bits per heavy atom. The molecule has 1 aromatic heterocycles. The van der Waals surface area contributed by atoms with Gasteiger partial charge in [0, 0.05) is 31.1 Å². The standard InChI is InChI=1S/C23H30N2O5S/c1-22(2)14-23(22,18-8-7-11-31-18)21(27)24-16-12-15(13-17(29-5)19(16)30-6)20(26)25(3)9-10-28-4/h7-8,11-13H,9-10,14H2,1-6H3,(H,24,27). The molecule has 3 rings (SSSR count). The predicted octanol–water partition coefficient (Wildman–Crippen LogP) is 3.79. The van der Waals surface area contributed by atoms with Crippen molar-refractivity contribution in [2.24, 2.45) is 5.41 Å². The van der Waals surface area contributed by atoms with Crippen LogP contribution < -0.4 is 14.8 Å². The van der Waals surface area contributed by atoms with E-state index in [1.807, 2.05) is 17.5 Å². The van der Waals surface area contributed by atoms with Gasteiger partial charge in [-0.3, -0.25) is 9.59 Å². The zero-order chi connectivity index (χ0) is 22.8. The average molecular weight is 447 g/mol. The second-order valence-corrected chi connectivity index (χ2v) is 9.32. The lowest BCUT2D eigenvalue weighted by Crippen LogP contribution is -2.32. The van der Waals surface area contributed by atoms with E-state index in [0.717, 1.165) is 11.3 Å². The molecule has 1 heterocycles. The minimum absolute atomic E-state index is 0.113. The summed E-state index contributed by atoms with van der Waals surface area (Å²) >= 11 is 1.58. The van der Waals surface area contributed by atoms with Crippen LogP contribution in [0, 0.1) is 5.41 Å². The van der Waals surface area contributed by atoms with Gasteiger partial charge in [-0.25, -0.2) is 0 Å². The molecule has 0 radical (unpaired) electrons. The Morgan fingerprint density at radius 3 is 2.42 bits per heavy atom. The van der Waals surface area contributed by atoms with Crippen molar-refractivity contribution in [1.82, 2.24) is 4.90 Å². The van der Waals surface area contributed by atoms with Crippen molar-refractivity contribution in [2.75, 3.05) is 46.8 Å². The number of nitrogens with one attached hydrogen (secondary N) is 1. The van der Waals surface area contributed by atoms with Crippen LogP contribution in [0.4, 0.5) is 5.69 Å². The number of ether oxygens (including phenoxy) is 3. The van der Waals surface area contributed by atoms with Gasteiger partial charge < -0.3 is 24.4 Å². The second kappa shape index (κ2) is 8.88. The molecule has 1 fully saturated rings. The van der Waals surface area contributed by atoms with E-state index in [4.69, 9.17) is 14.2 Å². The predicted molar refractivity (Wildman–Crippen MR) is 121 cm³/mol.